The minimum absolute atomic E-state index is 0.337. The molecular formula is C10H12BrNO2. The molecule has 0 unspecified atom stereocenters. The molecule has 0 aliphatic heterocycles. The minimum atomic E-state index is -0.337. The van der Waals surface area contributed by atoms with Crippen molar-refractivity contribution >= 4 is 33.5 Å². The van der Waals surface area contributed by atoms with Crippen LogP contribution in [0.15, 0.2) is 0 Å². The lowest BCUT2D eigenvalue weighted by Gasteiger charge is -2.01. The Hall–Kier alpha value is -1.03. The van der Waals surface area contributed by atoms with Gasteiger partial charge in [0, 0.05) is 12.0 Å². The third-order valence-corrected chi connectivity index (χ3v) is 2.73. The van der Waals surface area contributed by atoms with E-state index < -0.39 is 0 Å². The first-order valence-corrected chi connectivity index (χ1v) is 4.99. The molecule has 0 spiro atoms. The fourth-order valence-electron chi connectivity index (χ4n) is 1.44. The maximum Gasteiger partial charge on any atom is 0.354 e. The van der Waals surface area contributed by atoms with E-state index in [9.17, 15) is 4.79 Å². The van der Waals surface area contributed by atoms with E-state index in [1.165, 1.54) is 7.11 Å². The molecule has 0 amide bonds. The normalized spacial score (nSPS) is 11.9. The van der Waals surface area contributed by atoms with Crippen molar-refractivity contribution in [2.75, 3.05) is 7.11 Å². The molecule has 0 saturated heterocycles. The zero-order valence-corrected chi connectivity index (χ0v) is 10.0. The number of carbonyl (C=O) groups is 1. The molecule has 4 heteroatoms. The highest BCUT2D eigenvalue weighted by atomic mass is 79.9. The Morgan fingerprint density at radius 3 is 2.57 bits per heavy atom. The van der Waals surface area contributed by atoms with Gasteiger partial charge in [0.2, 0.25) is 0 Å². The molecule has 3 nitrogen and oxygen atoms in total. The number of methoxy groups -OCH3 is 1. The van der Waals surface area contributed by atoms with Gasteiger partial charge >= 0.3 is 5.97 Å². The first kappa shape index (κ1) is 11.0. The molecule has 1 aromatic heterocycles. The predicted octanol–water partition coefficient (Wildman–Crippen LogP) is 0.663. The zero-order chi connectivity index (χ0) is 10.9. The van der Waals surface area contributed by atoms with Crippen molar-refractivity contribution in [3.8, 4) is 0 Å². The van der Waals surface area contributed by atoms with Crippen LogP contribution in [-0.2, 0) is 11.8 Å². The standard InChI is InChI=1S/C10H12BrNO2/c1-6-7(2)9(10(13)14-4)12(3)8(6)5-11/h5H,1H2,2-4H3/b8-5-. The maximum atomic E-state index is 11.4. The van der Waals surface area contributed by atoms with E-state index in [1.807, 2.05) is 6.92 Å². The summed E-state index contributed by atoms with van der Waals surface area (Å²) in [5, 5.41) is 1.72. The van der Waals surface area contributed by atoms with E-state index in [0.717, 1.165) is 16.1 Å². The summed E-state index contributed by atoms with van der Waals surface area (Å²) in [6.45, 7) is 5.75. The van der Waals surface area contributed by atoms with Crippen LogP contribution in [0, 0.1) is 6.92 Å². The average molecular weight is 258 g/mol. The quantitative estimate of drug-likeness (QED) is 0.693. The summed E-state index contributed by atoms with van der Waals surface area (Å²) >= 11 is 3.24. The number of aromatic nitrogens is 1. The van der Waals surface area contributed by atoms with Crippen LogP contribution in [-0.4, -0.2) is 17.6 Å². The summed E-state index contributed by atoms with van der Waals surface area (Å²) in [7, 11) is 3.18. The Kier molecular flexibility index (Phi) is 3.16. The first-order chi connectivity index (χ1) is 6.54. The molecule has 0 N–H and O–H groups in total. The van der Waals surface area contributed by atoms with Gasteiger partial charge in [-0.1, -0.05) is 22.5 Å². The summed E-state index contributed by atoms with van der Waals surface area (Å²) < 4.78 is 6.46. The topological polar surface area (TPSA) is 31.2 Å². The number of nitrogens with zero attached hydrogens (tertiary/aromatic N) is 1. The molecule has 0 aliphatic carbocycles. The van der Waals surface area contributed by atoms with E-state index in [-0.39, 0.29) is 5.97 Å². The van der Waals surface area contributed by atoms with Crippen molar-refractivity contribution in [1.29, 1.82) is 0 Å². The Morgan fingerprint density at radius 2 is 2.21 bits per heavy atom. The Labute approximate surface area is 90.8 Å². The average Bonchev–Trinajstić information content (AvgIpc) is 2.38. The Balaban J connectivity index is 3.63. The van der Waals surface area contributed by atoms with Gasteiger partial charge in [-0.25, -0.2) is 4.79 Å². The van der Waals surface area contributed by atoms with Crippen LogP contribution in [0.4, 0.5) is 0 Å². The second-order valence-corrected chi connectivity index (χ2v) is 3.45. The number of halogens is 1. The Bertz CT molecular complexity index is 473. The first-order valence-electron chi connectivity index (χ1n) is 4.07. The molecule has 0 fully saturated rings. The van der Waals surface area contributed by atoms with Gasteiger partial charge in [-0.15, -0.1) is 0 Å². The number of carbonyl (C=O) groups excluding carboxylic acids is 1. The Morgan fingerprint density at radius 1 is 1.64 bits per heavy atom. The molecule has 0 aromatic carbocycles. The van der Waals surface area contributed by atoms with Crippen LogP contribution in [0.2, 0.25) is 0 Å². The van der Waals surface area contributed by atoms with E-state index >= 15 is 0 Å². The number of esters is 1. The number of hydrogen-bond acceptors (Lipinski definition) is 2. The molecule has 1 aromatic rings. The molecule has 1 heterocycles. The van der Waals surface area contributed by atoms with Gasteiger partial charge in [0.1, 0.15) is 5.69 Å². The number of hydrogen-bond donors (Lipinski definition) is 0. The predicted molar refractivity (Wildman–Crippen MR) is 59.7 cm³/mol. The summed E-state index contributed by atoms with van der Waals surface area (Å²) in [5.74, 6) is -0.337. The molecular weight excluding hydrogens is 246 g/mol. The fraction of sp³-hybridized carbons (Fsp3) is 0.300. The van der Waals surface area contributed by atoms with Crippen molar-refractivity contribution in [3.63, 3.8) is 0 Å². The van der Waals surface area contributed by atoms with Gasteiger partial charge in [0.15, 0.2) is 0 Å². The van der Waals surface area contributed by atoms with Crippen LogP contribution < -0.4 is 10.6 Å². The summed E-state index contributed by atoms with van der Waals surface area (Å²) in [4.78, 5) is 13.2. The molecule has 0 saturated carbocycles. The molecule has 0 bridgehead atoms. The molecule has 76 valence electrons. The van der Waals surface area contributed by atoms with Crippen LogP contribution in [0.3, 0.4) is 0 Å². The highest BCUT2D eigenvalue weighted by molar-refractivity contribution is 9.14. The smallest absolute Gasteiger partial charge is 0.354 e. The van der Waals surface area contributed by atoms with Crippen LogP contribution >= 0.6 is 15.9 Å². The van der Waals surface area contributed by atoms with Crippen LogP contribution in [0.5, 0.6) is 0 Å². The van der Waals surface area contributed by atoms with E-state index in [1.54, 1.807) is 16.6 Å². The van der Waals surface area contributed by atoms with Crippen molar-refractivity contribution in [2.45, 2.75) is 6.92 Å². The minimum Gasteiger partial charge on any atom is -0.464 e. The molecule has 14 heavy (non-hydrogen) atoms. The highest BCUT2D eigenvalue weighted by Gasteiger charge is 2.15. The number of ether oxygens (including phenoxy) is 1. The zero-order valence-electron chi connectivity index (χ0n) is 8.43. The summed E-state index contributed by atoms with van der Waals surface area (Å²) in [5.41, 5.74) is 1.40. The van der Waals surface area contributed by atoms with E-state index in [2.05, 4.69) is 22.5 Å². The van der Waals surface area contributed by atoms with Crippen LogP contribution in [0.25, 0.3) is 11.6 Å². The van der Waals surface area contributed by atoms with Crippen molar-refractivity contribution in [1.82, 2.24) is 4.57 Å². The second kappa shape index (κ2) is 4.00. The van der Waals surface area contributed by atoms with Crippen molar-refractivity contribution in [2.24, 2.45) is 7.05 Å². The van der Waals surface area contributed by atoms with E-state index in [4.69, 9.17) is 4.74 Å². The van der Waals surface area contributed by atoms with Crippen LogP contribution in [0.1, 0.15) is 16.1 Å². The van der Waals surface area contributed by atoms with Gasteiger partial charge in [0.05, 0.1) is 12.5 Å². The summed E-state index contributed by atoms with van der Waals surface area (Å²) in [6.07, 6.45) is 0. The van der Waals surface area contributed by atoms with Gasteiger partial charge in [-0.2, -0.15) is 0 Å². The third kappa shape index (κ3) is 1.50. The molecule has 0 aliphatic rings. The van der Waals surface area contributed by atoms with Crippen molar-refractivity contribution < 1.29 is 9.53 Å². The lowest BCUT2D eigenvalue weighted by molar-refractivity contribution is 0.0588. The fourth-order valence-corrected chi connectivity index (χ4v) is 2.02. The highest BCUT2D eigenvalue weighted by Crippen LogP contribution is 2.02. The monoisotopic (exact) mass is 257 g/mol. The maximum absolute atomic E-state index is 11.4. The van der Waals surface area contributed by atoms with Gasteiger partial charge < -0.3 is 9.30 Å². The molecule has 1 rings (SSSR count). The molecule has 0 atom stereocenters. The van der Waals surface area contributed by atoms with Gasteiger partial charge in [0.25, 0.3) is 0 Å². The summed E-state index contributed by atoms with van der Waals surface area (Å²) in [6, 6.07) is 0. The van der Waals surface area contributed by atoms with Gasteiger partial charge in [-0.05, 0) is 17.7 Å². The third-order valence-electron chi connectivity index (χ3n) is 2.30. The lowest BCUT2D eigenvalue weighted by Crippen LogP contribution is -2.26. The SMILES string of the molecule is C=c1c(C)c(C(=O)OC)n(C)/c1=C\Br. The largest absolute Gasteiger partial charge is 0.464 e. The van der Waals surface area contributed by atoms with Gasteiger partial charge in [-0.3, -0.25) is 0 Å². The second-order valence-electron chi connectivity index (χ2n) is 3.00. The lowest BCUT2D eigenvalue weighted by atomic mass is 10.2. The van der Waals surface area contributed by atoms with E-state index in [0.29, 0.717) is 5.69 Å². The molecule has 0 radical (unpaired) electrons. The number of rotatable bonds is 1. The van der Waals surface area contributed by atoms with Crippen molar-refractivity contribution in [3.05, 3.63) is 21.8 Å².